The highest BCUT2D eigenvalue weighted by molar-refractivity contribution is 7.99. The average molecular weight is 465 g/mol. The number of hydrogen-bond donors (Lipinski definition) is 3. The van der Waals surface area contributed by atoms with Gasteiger partial charge in [0, 0.05) is 18.0 Å². The quantitative estimate of drug-likeness (QED) is 0.323. The van der Waals surface area contributed by atoms with Gasteiger partial charge in [-0.05, 0) is 48.1 Å². The number of nitrogens with two attached hydrogens (primary N) is 1. The summed E-state index contributed by atoms with van der Waals surface area (Å²) in [5, 5.41) is 14.1. The molecule has 32 heavy (non-hydrogen) atoms. The second-order valence-electron chi connectivity index (χ2n) is 7.04. The van der Waals surface area contributed by atoms with Crippen molar-refractivity contribution in [2.45, 2.75) is 31.0 Å². The van der Waals surface area contributed by atoms with E-state index in [-0.39, 0.29) is 30.0 Å². The monoisotopic (exact) mass is 465 g/mol. The molecule has 3 aromatic rings. The average Bonchev–Trinajstić information content (AvgIpc) is 2.73. The van der Waals surface area contributed by atoms with Crippen LogP contribution in [0.2, 0.25) is 0 Å². The molecule has 0 radical (unpaired) electrons. The minimum Gasteiger partial charge on any atom is -0.478 e. The van der Waals surface area contributed by atoms with Crippen LogP contribution in [0.4, 0.5) is 24.5 Å². The second-order valence-corrected chi connectivity index (χ2v) is 8.17. The van der Waals surface area contributed by atoms with Crippen LogP contribution in [0.1, 0.15) is 29.4 Å². The van der Waals surface area contributed by atoms with Crippen LogP contribution in [0.3, 0.4) is 0 Å². The molecule has 0 saturated heterocycles. The Morgan fingerprint density at radius 2 is 1.84 bits per heavy atom. The van der Waals surface area contributed by atoms with Gasteiger partial charge in [-0.2, -0.15) is 13.2 Å². The number of pyridine rings is 1. The summed E-state index contributed by atoms with van der Waals surface area (Å²) in [6.07, 6.45) is -4.15. The van der Waals surface area contributed by atoms with Gasteiger partial charge in [0.1, 0.15) is 11.4 Å². The largest absolute Gasteiger partial charge is 0.478 e. The lowest BCUT2D eigenvalue weighted by Gasteiger charge is -2.17. The van der Waals surface area contributed by atoms with Crippen molar-refractivity contribution in [3.63, 3.8) is 0 Å². The topological polar surface area (TPSA) is 97.3 Å². The zero-order valence-electron chi connectivity index (χ0n) is 17.2. The maximum atomic E-state index is 13.1. The SMILES string of the molecule is CCn1c(C(F)(F)F)cc(N)c(NCCCSc2cc3ccccc3cc2C(=O)O)c1=O. The highest BCUT2D eigenvalue weighted by Gasteiger charge is 2.35. The predicted molar refractivity (Wildman–Crippen MR) is 121 cm³/mol. The fourth-order valence-electron chi connectivity index (χ4n) is 3.37. The van der Waals surface area contributed by atoms with Crippen molar-refractivity contribution < 1.29 is 23.1 Å². The molecule has 4 N–H and O–H groups in total. The van der Waals surface area contributed by atoms with Gasteiger partial charge in [0.2, 0.25) is 0 Å². The number of alkyl halides is 3. The van der Waals surface area contributed by atoms with Crippen molar-refractivity contribution >= 4 is 39.9 Å². The van der Waals surface area contributed by atoms with Gasteiger partial charge in [0.25, 0.3) is 5.56 Å². The molecule has 1 heterocycles. The van der Waals surface area contributed by atoms with E-state index in [1.807, 2.05) is 30.3 Å². The number of thioether (sulfide) groups is 1. The highest BCUT2D eigenvalue weighted by atomic mass is 32.2. The number of halogens is 3. The summed E-state index contributed by atoms with van der Waals surface area (Å²) in [5.41, 5.74) is 3.68. The van der Waals surface area contributed by atoms with Crippen molar-refractivity contribution in [1.29, 1.82) is 0 Å². The summed E-state index contributed by atoms with van der Waals surface area (Å²) in [6.45, 7) is 1.60. The molecule has 0 aliphatic carbocycles. The smallest absolute Gasteiger partial charge is 0.431 e. The van der Waals surface area contributed by atoms with Gasteiger partial charge in [0.05, 0.1) is 11.3 Å². The Bertz CT molecular complexity index is 1210. The molecule has 1 aromatic heterocycles. The van der Waals surface area contributed by atoms with Crippen LogP contribution >= 0.6 is 11.8 Å². The Kier molecular flexibility index (Phi) is 7.02. The highest BCUT2D eigenvalue weighted by Crippen LogP contribution is 2.32. The zero-order chi connectivity index (χ0) is 23.5. The van der Waals surface area contributed by atoms with Gasteiger partial charge in [-0.15, -0.1) is 11.8 Å². The van der Waals surface area contributed by atoms with Crippen LogP contribution in [0.5, 0.6) is 0 Å². The van der Waals surface area contributed by atoms with Gasteiger partial charge in [-0.25, -0.2) is 4.79 Å². The van der Waals surface area contributed by atoms with E-state index in [0.29, 0.717) is 21.6 Å². The summed E-state index contributed by atoms with van der Waals surface area (Å²) < 4.78 is 40.1. The van der Waals surface area contributed by atoms with Gasteiger partial charge >= 0.3 is 12.1 Å². The molecule has 6 nitrogen and oxygen atoms in total. The van der Waals surface area contributed by atoms with E-state index in [9.17, 15) is 27.9 Å². The third kappa shape index (κ3) is 5.01. The molecule has 170 valence electrons. The standard InChI is InChI=1S/C22H22F3N3O3S/c1-2-28-18(22(23,24)25)12-16(26)19(20(28)29)27-8-5-9-32-17-11-14-7-4-3-6-13(14)10-15(17)21(30)31/h3-4,6-7,10-12,27H,2,5,8-9,26H2,1H3,(H,30,31). The lowest BCUT2D eigenvalue weighted by molar-refractivity contribution is -0.144. The molecule has 0 aliphatic heterocycles. The minimum atomic E-state index is -4.68. The van der Waals surface area contributed by atoms with Crippen LogP contribution in [-0.2, 0) is 12.7 Å². The van der Waals surface area contributed by atoms with Crippen LogP contribution in [0.15, 0.2) is 52.2 Å². The lowest BCUT2D eigenvalue weighted by Crippen LogP contribution is -2.30. The molecule has 0 atom stereocenters. The predicted octanol–water partition coefficient (Wildman–Crippen LogP) is 4.91. The van der Waals surface area contributed by atoms with E-state index in [1.165, 1.54) is 18.7 Å². The normalized spacial score (nSPS) is 11.6. The van der Waals surface area contributed by atoms with Crippen LogP contribution < -0.4 is 16.6 Å². The van der Waals surface area contributed by atoms with E-state index in [2.05, 4.69) is 5.32 Å². The maximum Gasteiger partial charge on any atom is 0.431 e. The van der Waals surface area contributed by atoms with E-state index >= 15 is 0 Å². The fraction of sp³-hybridized carbons (Fsp3) is 0.273. The fourth-order valence-corrected chi connectivity index (χ4v) is 4.39. The van der Waals surface area contributed by atoms with Crippen molar-refractivity contribution in [1.82, 2.24) is 4.57 Å². The number of carboxylic acid groups (broad SMARTS) is 1. The Morgan fingerprint density at radius 3 is 2.44 bits per heavy atom. The molecule has 2 aromatic carbocycles. The van der Waals surface area contributed by atoms with Crippen LogP contribution in [0, 0.1) is 0 Å². The van der Waals surface area contributed by atoms with E-state index in [0.717, 1.165) is 16.8 Å². The van der Waals surface area contributed by atoms with E-state index in [4.69, 9.17) is 5.73 Å². The second kappa shape index (κ2) is 9.56. The molecule has 0 unspecified atom stereocenters. The summed E-state index contributed by atoms with van der Waals surface area (Å²) in [6, 6.07) is 11.7. The molecule has 0 spiro atoms. The van der Waals surface area contributed by atoms with Crippen molar-refractivity contribution in [2.75, 3.05) is 23.3 Å². The number of carboxylic acids is 1. The third-order valence-corrected chi connectivity index (χ3v) is 6.04. The zero-order valence-corrected chi connectivity index (χ0v) is 18.0. The van der Waals surface area contributed by atoms with Gasteiger partial charge < -0.3 is 20.7 Å². The summed E-state index contributed by atoms with van der Waals surface area (Å²) >= 11 is 1.36. The number of nitrogen functional groups attached to an aromatic ring is 1. The van der Waals surface area contributed by atoms with Gasteiger partial charge in [-0.3, -0.25) is 4.79 Å². The number of carbonyl (C=O) groups is 1. The molecule has 0 fully saturated rings. The number of hydrogen-bond acceptors (Lipinski definition) is 5. The van der Waals surface area contributed by atoms with Crippen molar-refractivity contribution in [3.05, 3.63) is 64.1 Å². The first-order chi connectivity index (χ1) is 15.1. The molecule has 0 aliphatic rings. The molecular formula is C22H22F3N3O3S. The number of fused-ring (bicyclic) bond motifs is 1. The third-order valence-electron chi connectivity index (χ3n) is 4.90. The lowest BCUT2D eigenvalue weighted by atomic mass is 10.1. The summed E-state index contributed by atoms with van der Waals surface area (Å²) in [7, 11) is 0. The number of aromatic carboxylic acids is 1. The first kappa shape index (κ1) is 23.5. The van der Waals surface area contributed by atoms with E-state index < -0.39 is 23.4 Å². The first-order valence-electron chi connectivity index (χ1n) is 9.86. The van der Waals surface area contributed by atoms with Crippen LogP contribution in [-0.4, -0.2) is 27.9 Å². The first-order valence-corrected chi connectivity index (χ1v) is 10.8. The number of benzene rings is 2. The molecular weight excluding hydrogens is 443 g/mol. The van der Waals surface area contributed by atoms with Gasteiger partial charge in [-0.1, -0.05) is 24.3 Å². The van der Waals surface area contributed by atoms with Crippen LogP contribution in [0.25, 0.3) is 10.8 Å². The summed E-state index contributed by atoms with van der Waals surface area (Å²) in [5.74, 6) is -0.484. The number of aromatic nitrogens is 1. The Balaban J connectivity index is 1.68. The maximum absolute atomic E-state index is 13.1. The molecule has 3 rings (SSSR count). The number of nitrogens with one attached hydrogen (secondary N) is 1. The van der Waals surface area contributed by atoms with Gasteiger partial charge in [0.15, 0.2) is 0 Å². The Morgan fingerprint density at radius 1 is 1.19 bits per heavy atom. The number of rotatable bonds is 8. The Hall–Kier alpha value is -3.14. The number of nitrogens with zero attached hydrogens (tertiary/aromatic N) is 1. The van der Waals surface area contributed by atoms with Crippen molar-refractivity contribution in [3.8, 4) is 0 Å². The molecule has 0 amide bonds. The van der Waals surface area contributed by atoms with Crippen molar-refractivity contribution in [2.24, 2.45) is 0 Å². The number of anilines is 2. The molecule has 0 bridgehead atoms. The summed E-state index contributed by atoms with van der Waals surface area (Å²) in [4.78, 5) is 24.7. The van der Waals surface area contributed by atoms with E-state index in [1.54, 1.807) is 6.07 Å². The Labute approximate surface area is 186 Å². The minimum absolute atomic E-state index is 0.0678. The molecule has 0 saturated carbocycles. The molecule has 10 heteroatoms.